The first kappa shape index (κ1) is 22.9. The third kappa shape index (κ3) is 9.24. The SMILES string of the molecule is O=C(Cc1ccc(SC(F)(F)F)cc1)OC(CN1CCOCC1)CS(=O)(=O)O. The Morgan fingerprint density at radius 1 is 1.25 bits per heavy atom. The summed E-state index contributed by atoms with van der Waals surface area (Å²) in [7, 11) is -4.36. The van der Waals surface area contributed by atoms with Gasteiger partial charge in [-0.2, -0.15) is 21.6 Å². The molecular formula is C16H20F3NO6S2. The zero-order valence-corrected chi connectivity index (χ0v) is 16.4. The molecule has 1 aromatic carbocycles. The predicted molar refractivity (Wildman–Crippen MR) is 95.6 cm³/mol. The summed E-state index contributed by atoms with van der Waals surface area (Å²) in [6, 6.07) is 5.22. The lowest BCUT2D eigenvalue weighted by atomic mass is 10.1. The largest absolute Gasteiger partial charge is 0.460 e. The van der Waals surface area contributed by atoms with Crippen LogP contribution in [0.1, 0.15) is 5.56 Å². The van der Waals surface area contributed by atoms with Crippen molar-refractivity contribution in [2.75, 3.05) is 38.6 Å². The molecule has 0 bridgehead atoms. The Morgan fingerprint density at radius 3 is 2.39 bits per heavy atom. The quantitative estimate of drug-likeness (QED) is 0.370. The Kier molecular flexibility index (Phi) is 8.13. The highest BCUT2D eigenvalue weighted by Crippen LogP contribution is 2.36. The molecule has 0 aromatic heterocycles. The zero-order chi connectivity index (χ0) is 20.8. The molecule has 7 nitrogen and oxygen atoms in total. The average Bonchev–Trinajstić information content (AvgIpc) is 2.54. The molecule has 1 saturated heterocycles. The minimum absolute atomic E-state index is 0.0128. The monoisotopic (exact) mass is 443 g/mol. The Balaban J connectivity index is 1.94. The van der Waals surface area contributed by atoms with Gasteiger partial charge in [0.2, 0.25) is 0 Å². The second-order valence-corrected chi connectivity index (χ2v) is 8.78. The van der Waals surface area contributed by atoms with Crippen LogP contribution in [0.15, 0.2) is 29.2 Å². The van der Waals surface area contributed by atoms with Crippen molar-refractivity contribution in [2.24, 2.45) is 0 Å². The van der Waals surface area contributed by atoms with Crippen LogP contribution in [0.5, 0.6) is 0 Å². The smallest absolute Gasteiger partial charge is 0.446 e. The molecule has 1 heterocycles. The number of esters is 1. The lowest BCUT2D eigenvalue weighted by Crippen LogP contribution is -2.44. The fourth-order valence-corrected chi connectivity index (χ4v) is 3.82. The Morgan fingerprint density at radius 2 is 1.86 bits per heavy atom. The van der Waals surface area contributed by atoms with E-state index in [9.17, 15) is 26.4 Å². The standard InChI is InChI=1S/C16H20F3NO6S2/c17-16(18,19)27-14-3-1-12(2-4-14)9-15(21)26-13(11-28(22,23)24)10-20-5-7-25-8-6-20/h1-4,13H,5-11H2,(H,22,23,24). The van der Waals surface area contributed by atoms with Crippen LogP contribution in [0.2, 0.25) is 0 Å². The van der Waals surface area contributed by atoms with Gasteiger partial charge in [-0.15, -0.1) is 0 Å². The molecule has 12 heteroatoms. The molecule has 1 aliphatic heterocycles. The summed E-state index contributed by atoms with van der Waals surface area (Å²) in [5, 5.41) is 0. The number of halogens is 3. The molecule has 158 valence electrons. The van der Waals surface area contributed by atoms with Crippen LogP contribution in [0.25, 0.3) is 0 Å². The number of carbonyl (C=O) groups is 1. The summed E-state index contributed by atoms with van der Waals surface area (Å²) in [5.41, 5.74) is -3.98. The van der Waals surface area contributed by atoms with Gasteiger partial charge in [0, 0.05) is 24.5 Å². The van der Waals surface area contributed by atoms with E-state index in [4.69, 9.17) is 14.0 Å². The van der Waals surface area contributed by atoms with E-state index in [1.807, 2.05) is 4.90 Å². The first-order chi connectivity index (χ1) is 13.0. The number of carbonyl (C=O) groups excluding carboxylic acids is 1. The summed E-state index contributed by atoms with van der Waals surface area (Å²) in [5.74, 6) is -1.48. The van der Waals surface area contributed by atoms with Crippen molar-refractivity contribution in [3.63, 3.8) is 0 Å². The highest BCUT2D eigenvalue weighted by Gasteiger charge is 2.29. The summed E-state index contributed by atoms with van der Waals surface area (Å²) in [6.45, 7) is 2.13. The van der Waals surface area contributed by atoms with Crippen molar-refractivity contribution in [3.05, 3.63) is 29.8 Å². The third-order valence-corrected chi connectivity index (χ3v) is 5.30. The van der Waals surface area contributed by atoms with Crippen molar-refractivity contribution < 1.29 is 40.4 Å². The van der Waals surface area contributed by atoms with Crippen molar-refractivity contribution in [1.82, 2.24) is 4.90 Å². The predicted octanol–water partition coefficient (Wildman–Crippen LogP) is 1.97. The molecule has 0 aliphatic carbocycles. The van der Waals surface area contributed by atoms with Gasteiger partial charge in [-0.1, -0.05) is 12.1 Å². The summed E-state index contributed by atoms with van der Waals surface area (Å²) >= 11 is -0.262. The fourth-order valence-electron chi connectivity index (χ4n) is 2.63. The molecule has 2 rings (SSSR count). The molecule has 1 aliphatic rings. The van der Waals surface area contributed by atoms with Crippen LogP contribution in [0.3, 0.4) is 0 Å². The van der Waals surface area contributed by atoms with Gasteiger partial charge in [0.25, 0.3) is 10.1 Å². The maximum Gasteiger partial charge on any atom is 0.446 e. The first-order valence-electron chi connectivity index (χ1n) is 8.29. The Bertz CT molecular complexity index is 749. The second-order valence-electron chi connectivity index (χ2n) is 6.14. The van der Waals surface area contributed by atoms with Gasteiger partial charge >= 0.3 is 11.5 Å². The summed E-state index contributed by atoms with van der Waals surface area (Å²) < 4.78 is 78.9. The van der Waals surface area contributed by atoms with E-state index < -0.39 is 33.5 Å². The number of morpholine rings is 1. The molecule has 1 N–H and O–H groups in total. The van der Waals surface area contributed by atoms with Crippen LogP contribution in [0.4, 0.5) is 13.2 Å². The van der Waals surface area contributed by atoms with Gasteiger partial charge in [-0.05, 0) is 29.5 Å². The number of ether oxygens (including phenoxy) is 2. The van der Waals surface area contributed by atoms with Gasteiger partial charge in [0.15, 0.2) is 0 Å². The molecule has 0 radical (unpaired) electrons. The maximum atomic E-state index is 12.3. The highest BCUT2D eigenvalue weighted by atomic mass is 32.2. The van der Waals surface area contributed by atoms with Crippen LogP contribution >= 0.6 is 11.8 Å². The summed E-state index contributed by atoms with van der Waals surface area (Å²) in [6.07, 6.45) is -1.30. The number of hydrogen-bond acceptors (Lipinski definition) is 7. The second kappa shape index (κ2) is 9.92. The minimum atomic E-state index is -4.40. The molecule has 0 saturated carbocycles. The van der Waals surface area contributed by atoms with Gasteiger partial charge in [-0.25, -0.2) is 0 Å². The normalized spacial score (nSPS) is 17.3. The third-order valence-electron chi connectivity index (χ3n) is 3.77. The van der Waals surface area contributed by atoms with Gasteiger partial charge < -0.3 is 9.47 Å². The number of benzene rings is 1. The molecule has 1 aromatic rings. The molecule has 1 fully saturated rings. The molecular weight excluding hydrogens is 423 g/mol. The van der Waals surface area contributed by atoms with Crippen molar-refractivity contribution in [3.8, 4) is 0 Å². The number of thioether (sulfide) groups is 1. The van der Waals surface area contributed by atoms with E-state index in [0.29, 0.717) is 31.9 Å². The van der Waals surface area contributed by atoms with Crippen molar-refractivity contribution >= 4 is 27.8 Å². The van der Waals surface area contributed by atoms with Crippen LogP contribution in [-0.4, -0.2) is 74.1 Å². The number of rotatable bonds is 8. The van der Waals surface area contributed by atoms with E-state index in [1.54, 1.807) is 0 Å². The molecule has 0 spiro atoms. The lowest BCUT2D eigenvalue weighted by Gasteiger charge is -2.29. The van der Waals surface area contributed by atoms with Crippen LogP contribution in [0, 0.1) is 0 Å². The molecule has 28 heavy (non-hydrogen) atoms. The summed E-state index contributed by atoms with van der Waals surface area (Å²) in [4.78, 5) is 14.0. The highest BCUT2D eigenvalue weighted by molar-refractivity contribution is 8.00. The number of nitrogens with zero attached hydrogens (tertiary/aromatic N) is 1. The number of hydrogen-bond donors (Lipinski definition) is 1. The maximum absolute atomic E-state index is 12.3. The minimum Gasteiger partial charge on any atom is -0.460 e. The van der Waals surface area contributed by atoms with E-state index in [-0.39, 0.29) is 29.6 Å². The van der Waals surface area contributed by atoms with E-state index in [0.717, 1.165) is 0 Å². The molecule has 1 atom stereocenters. The van der Waals surface area contributed by atoms with Gasteiger partial charge in [0.05, 0.1) is 19.6 Å². The van der Waals surface area contributed by atoms with Crippen molar-refractivity contribution in [2.45, 2.75) is 22.9 Å². The fraction of sp³-hybridized carbons (Fsp3) is 0.562. The van der Waals surface area contributed by atoms with E-state index in [2.05, 4.69) is 0 Å². The zero-order valence-electron chi connectivity index (χ0n) is 14.7. The van der Waals surface area contributed by atoms with Crippen molar-refractivity contribution in [1.29, 1.82) is 0 Å². The van der Waals surface area contributed by atoms with Gasteiger partial charge in [0.1, 0.15) is 11.9 Å². The molecule has 0 amide bonds. The first-order valence-corrected chi connectivity index (χ1v) is 10.7. The van der Waals surface area contributed by atoms with Crippen LogP contribution < -0.4 is 0 Å². The Hall–Kier alpha value is -1.34. The van der Waals surface area contributed by atoms with E-state index in [1.165, 1.54) is 24.3 Å². The lowest BCUT2D eigenvalue weighted by molar-refractivity contribution is -0.148. The van der Waals surface area contributed by atoms with Crippen LogP contribution in [-0.2, 0) is 30.8 Å². The average molecular weight is 443 g/mol. The number of alkyl halides is 3. The Labute approximate surface area is 164 Å². The van der Waals surface area contributed by atoms with Gasteiger partial charge in [-0.3, -0.25) is 14.2 Å². The topological polar surface area (TPSA) is 93.1 Å². The molecule has 1 unspecified atom stereocenters. The van der Waals surface area contributed by atoms with E-state index >= 15 is 0 Å².